The summed E-state index contributed by atoms with van der Waals surface area (Å²) in [6.45, 7) is 0. The predicted molar refractivity (Wildman–Crippen MR) is 41.6 cm³/mol. The third-order valence-electron chi connectivity index (χ3n) is 1.15. The smallest absolute Gasteiger partial charge is 0.341 e. The lowest BCUT2D eigenvalue weighted by atomic mass is 10.3. The molecule has 1 heterocycles. The Bertz CT molecular complexity index is 343. The molecular weight excluding hydrogens is 211 g/mol. The van der Waals surface area contributed by atoms with Crippen LogP contribution in [-0.4, -0.2) is 4.98 Å². The molecule has 0 fully saturated rings. The predicted octanol–water partition coefficient (Wildman–Crippen LogP) is 3.42. The van der Waals surface area contributed by atoms with E-state index >= 15 is 0 Å². The zero-order chi connectivity index (χ0) is 9.35. The van der Waals surface area contributed by atoms with Crippen LogP contribution in [0.25, 0.3) is 0 Å². The molecule has 0 atom stereocenters. The lowest BCUT2D eigenvalue weighted by Crippen LogP contribution is -2.08. The Morgan fingerprint density at radius 3 is 2.33 bits per heavy atom. The topological polar surface area (TPSA) is 15.8 Å². The van der Waals surface area contributed by atoms with Crippen LogP contribution < -0.4 is 0 Å². The molecule has 0 saturated heterocycles. The van der Waals surface area contributed by atoms with Crippen LogP contribution >= 0.6 is 23.8 Å². The summed E-state index contributed by atoms with van der Waals surface area (Å²) in [6.07, 6.45) is -4.48. The Balaban J connectivity index is 3.33. The number of hydrogen-bond donors (Lipinski definition) is 1. The summed E-state index contributed by atoms with van der Waals surface area (Å²) in [5, 5.41) is -0.379. The van der Waals surface area contributed by atoms with E-state index in [-0.39, 0.29) is 9.66 Å². The molecule has 1 rings (SSSR count). The fraction of sp³-hybridized carbons (Fsp3) is 0.167. The van der Waals surface area contributed by atoms with E-state index in [0.29, 0.717) is 0 Å². The van der Waals surface area contributed by atoms with E-state index in [4.69, 9.17) is 11.6 Å². The highest BCUT2D eigenvalue weighted by atomic mass is 35.5. The van der Waals surface area contributed by atoms with Gasteiger partial charge in [0, 0.05) is 0 Å². The lowest BCUT2D eigenvalue weighted by Gasteiger charge is -2.07. The number of alkyl halides is 3. The molecule has 12 heavy (non-hydrogen) atoms. The Labute approximate surface area is 76.2 Å². The fourth-order valence-corrected chi connectivity index (χ4v) is 1.05. The van der Waals surface area contributed by atoms with Gasteiger partial charge in [-0.3, -0.25) is 0 Å². The molecule has 0 aliphatic rings. The average molecular weight is 214 g/mol. The van der Waals surface area contributed by atoms with Gasteiger partial charge in [-0.15, -0.1) is 0 Å². The van der Waals surface area contributed by atoms with Crippen molar-refractivity contribution in [1.29, 1.82) is 0 Å². The van der Waals surface area contributed by atoms with E-state index in [1.54, 1.807) is 0 Å². The molecule has 0 aliphatic carbocycles. The molecule has 0 aromatic carbocycles. The van der Waals surface area contributed by atoms with Gasteiger partial charge in [0.1, 0.15) is 10.3 Å². The molecule has 0 radical (unpaired) electrons. The molecule has 1 aromatic heterocycles. The van der Waals surface area contributed by atoms with Gasteiger partial charge in [-0.1, -0.05) is 23.8 Å². The van der Waals surface area contributed by atoms with E-state index < -0.39 is 11.9 Å². The van der Waals surface area contributed by atoms with Crippen LogP contribution in [0.4, 0.5) is 13.2 Å². The molecule has 0 spiro atoms. The molecule has 1 N–H and O–H groups in total. The van der Waals surface area contributed by atoms with Crippen molar-refractivity contribution in [2.24, 2.45) is 0 Å². The number of rotatable bonds is 0. The van der Waals surface area contributed by atoms with Crippen molar-refractivity contribution in [2.75, 3.05) is 0 Å². The second-order valence-electron chi connectivity index (χ2n) is 2.04. The number of nitrogens with one attached hydrogen (secondary N) is 1. The summed E-state index contributed by atoms with van der Waals surface area (Å²) in [6, 6.07) is 2.41. The Morgan fingerprint density at radius 1 is 1.33 bits per heavy atom. The number of hydrogen-bond acceptors (Lipinski definition) is 1. The van der Waals surface area contributed by atoms with Crippen LogP contribution in [0.2, 0.25) is 5.02 Å². The molecule has 0 aliphatic heterocycles. The molecule has 6 heteroatoms. The van der Waals surface area contributed by atoms with E-state index in [9.17, 15) is 13.2 Å². The van der Waals surface area contributed by atoms with Crippen LogP contribution in [0.15, 0.2) is 12.1 Å². The number of halogens is 4. The van der Waals surface area contributed by atoms with Gasteiger partial charge in [0.05, 0.1) is 5.02 Å². The molecule has 0 saturated carbocycles. The van der Waals surface area contributed by atoms with Crippen molar-refractivity contribution in [3.05, 3.63) is 27.5 Å². The molecule has 1 aromatic rings. The Morgan fingerprint density at radius 2 is 1.92 bits per heavy atom. The summed E-state index contributed by atoms with van der Waals surface area (Å²) in [7, 11) is 0. The van der Waals surface area contributed by atoms with Gasteiger partial charge in [-0.25, -0.2) is 0 Å². The minimum absolute atomic E-state index is 0.00623. The van der Waals surface area contributed by atoms with E-state index in [2.05, 4.69) is 12.2 Å². The normalized spacial score (nSPS) is 11.7. The number of H-pyrrole nitrogens is 1. The highest BCUT2D eigenvalue weighted by Crippen LogP contribution is 2.32. The number of pyridine rings is 1. The van der Waals surface area contributed by atoms with E-state index in [1.165, 1.54) is 6.07 Å². The van der Waals surface area contributed by atoms with Gasteiger partial charge in [0.15, 0.2) is 0 Å². The molecule has 0 unspecified atom stereocenters. The second-order valence-corrected chi connectivity index (χ2v) is 2.89. The van der Waals surface area contributed by atoms with Crippen molar-refractivity contribution in [3.63, 3.8) is 0 Å². The number of aromatic amines is 1. The summed E-state index contributed by atoms with van der Waals surface area (Å²) < 4.78 is 36.2. The SMILES string of the molecule is FC(F)(F)c1[nH]c(=S)ccc1Cl. The van der Waals surface area contributed by atoms with Crippen LogP contribution in [0, 0.1) is 4.64 Å². The van der Waals surface area contributed by atoms with Gasteiger partial charge in [0.2, 0.25) is 0 Å². The van der Waals surface area contributed by atoms with E-state index in [0.717, 1.165) is 6.07 Å². The Kier molecular flexibility index (Phi) is 2.44. The first kappa shape index (κ1) is 9.54. The highest BCUT2D eigenvalue weighted by molar-refractivity contribution is 7.71. The minimum atomic E-state index is -4.48. The monoisotopic (exact) mass is 213 g/mol. The van der Waals surface area contributed by atoms with Crippen molar-refractivity contribution < 1.29 is 13.2 Å². The van der Waals surface area contributed by atoms with Crippen molar-refractivity contribution in [3.8, 4) is 0 Å². The zero-order valence-electron chi connectivity index (χ0n) is 5.57. The van der Waals surface area contributed by atoms with Gasteiger partial charge < -0.3 is 4.98 Å². The number of aromatic nitrogens is 1. The maximum Gasteiger partial charge on any atom is 0.432 e. The molecule has 0 amide bonds. The highest BCUT2D eigenvalue weighted by Gasteiger charge is 2.33. The first-order valence-corrected chi connectivity index (χ1v) is 3.66. The first-order chi connectivity index (χ1) is 5.41. The summed E-state index contributed by atoms with van der Waals surface area (Å²) in [4.78, 5) is 1.97. The molecule has 1 nitrogen and oxygen atoms in total. The van der Waals surface area contributed by atoms with Crippen LogP contribution in [0.5, 0.6) is 0 Å². The van der Waals surface area contributed by atoms with Crippen LogP contribution in [-0.2, 0) is 6.18 Å². The molecule has 66 valence electrons. The maximum atomic E-state index is 12.1. The quantitative estimate of drug-likeness (QED) is 0.653. The van der Waals surface area contributed by atoms with Crippen molar-refractivity contribution in [1.82, 2.24) is 4.98 Å². The standard InChI is InChI=1S/C6H3ClF3NS/c7-3-1-2-4(12)11-5(3)6(8,9)10/h1-2H,(H,11,12). The first-order valence-electron chi connectivity index (χ1n) is 2.87. The van der Waals surface area contributed by atoms with E-state index in [1.807, 2.05) is 4.98 Å². The summed E-state index contributed by atoms with van der Waals surface area (Å²) in [5.41, 5.74) is -1.00. The molecule has 0 bridgehead atoms. The average Bonchev–Trinajstić information content (AvgIpc) is 1.92. The van der Waals surface area contributed by atoms with Gasteiger partial charge in [0.25, 0.3) is 0 Å². The van der Waals surface area contributed by atoms with Crippen LogP contribution in [0.1, 0.15) is 5.69 Å². The Hall–Kier alpha value is -0.550. The summed E-state index contributed by atoms with van der Waals surface area (Å²) >= 11 is 9.80. The molecular formula is C6H3ClF3NS. The zero-order valence-corrected chi connectivity index (χ0v) is 7.15. The van der Waals surface area contributed by atoms with Gasteiger partial charge in [-0.2, -0.15) is 13.2 Å². The van der Waals surface area contributed by atoms with Gasteiger partial charge >= 0.3 is 6.18 Å². The minimum Gasteiger partial charge on any atom is -0.341 e. The lowest BCUT2D eigenvalue weighted by molar-refractivity contribution is -0.141. The second kappa shape index (κ2) is 3.06. The third-order valence-corrected chi connectivity index (χ3v) is 1.70. The van der Waals surface area contributed by atoms with Crippen molar-refractivity contribution in [2.45, 2.75) is 6.18 Å². The largest absolute Gasteiger partial charge is 0.432 e. The maximum absolute atomic E-state index is 12.1. The van der Waals surface area contributed by atoms with Crippen molar-refractivity contribution >= 4 is 23.8 Å². The fourth-order valence-electron chi connectivity index (χ4n) is 0.663. The summed E-state index contributed by atoms with van der Waals surface area (Å²) in [5.74, 6) is 0. The van der Waals surface area contributed by atoms with Crippen LogP contribution in [0.3, 0.4) is 0 Å². The van der Waals surface area contributed by atoms with Gasteiger partial charge in [-0.05, 0) is 12.1 Å². The third kappa shape index (κ3) is 1.98.